The summed E-state index contributed by atoms with van der Waals surface area (Å²) in [7, 11) is 0. The van der Waals surface area contributed by atoms with Gasteiger partial charge in [0.15, 0.2) is 0 Å². The van der Waals surface area contributed by atoms with Gasteiger partial charge in [-0.15, -0.1) is 0 Å². The van der Waals surface area contributed by atoms with Crippen LogP contribution in [0.1, 0.15) is 51.3 Å². The molecule has 0 radical (unpaired) electrons. The third kappa shape index (κ3) is 4.24. The highest BCUT2D eigenvalue weighted by atomic mass is 35.5. The Morgan fingerprint density at radius 2 is 1.35 bits per heavy atom. The van der Waals surface area contributed by atoms with Crippen LogP contribution in [0.5, 0.6) is 0 Å². The van der Waals surface area contributed by atoms with Crippen molar-refractivity contribution in [3.63, 3.8) is 0 Å². The van der Waals surface area contributed by atoms with Crippen LogP contribution in [0.3, 0.4) is 0 Å². The van der Waals surface area contributed by atoms with Crippen LogP contribution in [0.4, 0.5) is 0 Å². The zero-order valence-electron chi connectivity index (χ0n) is 14.3. The lowest BCUT2D eigenvalue weighted by molar-refractivity contribution is 0.520. The molecule has 0 aliphatic heterocycles. The second-order valence-corrected chi connectivity index (χ2v) is 8.93. The Balaban J connectivity index is 2.44. The average Bonchev–Trinajstić information content (AvgIpc) is 2.42. The van der Waals surface area contributed by atoms with E-state index in [-0.39, 0.29) is 10.8 Å². The first kappa shape index (κ1) is 18.6. The maximum atomic E-state index is 6.71. The van der Waals surface area contributed by atoms with Crippen LogP contribution in [-0.4, -0.2) is 0 Å². The molecular weight excluding hydrogens is 347 g/mol. The molecule has 2 rings (SSSR count). The monoisotopic (exact) mass is 368 g/mol. The molecule has 0 bridgehead atoms. The number of hydrogen-bond acceptors (Lipinski definition) is 0. The first-order valence-corrected chi connectivity index (χ1v) is 8.89. The molecule has 0 atom stereocenters. The lowest BCUT2D eigenvalue weighted by Gasteiger charge is -2.29. The standard InChI is InChI=1S/C20H23Cl3/c1-19(2,3)16-10-11-17(22)15(18(16)23)12-20(4,5)13-6-8-14(21)9-7-13/h6-11H,12H2,1-5H3. The molecule has 0 nitrogen and oxygen atoms in total. The molecular formula is C20H23Cl3. The molecule has 3 heteroatoms. The molecule has 0 heterocycles. The molecule has 0 spiro atoms. The molecule has 0 unspecified atom stereocenters. The minimum atomic E-state index is -0.0889. The molecule has 0 aliphatic rings. The van der Waals surface area contributed by atoms with Crippen LogP contribution in [0.15, 0.2) is 36.4 Å². The molecule has 2 aromatic carbocycles. The van der Waals surface area contributed by atoms with Crippen LogP contribution in [0, 0.1) is 0 Å². The summed E-state index contributed by atoms with van der Waals surface area (Å²) in [5.41, 5.74) is 3.26. The molecule has 124 valence electrons. The van der Waals surface area contributed by atoms with Crippen molar-refractivity contribution >= 4 is 34.8 Å². The SMILES string of the molecule is CC(C)(C)c1ccc(Cl)c(CC(C)(C)c2ccc(Cl)cc2)c1Cl. The highest BCUT2D eigenvalue weighted by Crippen LogP contribution is 2.39. The van der Waals surface area contributed by atoms with E-state index in [0.717, 1.165) is 32.6 Å². The minimum Gasteiger partial charge on any atom is -0.0843 e. The molecule has 0 saturated carbocycles. The average molecular weight is 370 g/mol. The minimum absolute atomic E-state index is 0.0131. The van der Waals surface area contributed by atoms with Gasteiger partial charge in [-0.3, -0.25) is 0 Å². The van der Waals surface area contributed by atoms with Gasteiger partial charge in [-0.1, -0.05) is 87.6 Å². The Hall–Kier alpha value is -0.690. The van der Waals surface area contributed by atoms with E-state index in [2.05, 4.69) is 46.8 Å². The second kappa shape index (κ2) is 6.67. The molecule has 0 N–H and O–H groups in total. The Bertz CT molecular complexity index is 692. The van der Waals surface area contributed by atoms with Crippen LogP contribution in [0.25, 0.3) is 0 Å². The summed E-state index contributed by atoms with van der Waals surface area (Å²) in [5.74, 6) is 0. The van der Waals surface area contributed by atoms with Crippen molar-refractivity contribution in [3.05, 3.63) is 68.2 Å². The van der Waals surface area contributed by atoms with Gasteiger partial charge in [0.25, 0.3) is 0 Å². The first-order chi connectivity index (χ1) is 10.5. The highest BCUT2D eigenvalue weighted by molar-refractivity contribution is 6.36. The van der Waals surface area contributed by atoms with Gasteiger partial charge in [-0.05, 0) is 52.1 Å². The first-order valence-electron chi connectivity index (χ1n) is 7.76. The van der Waals surface area contributed by atoms with Crippen molar-refractivity contribution in [1.82, 2.24) is 0 Å². The predicted molar refractivity (Wildman–Crippen MR) is 103 cm³/mol. The fourth-order valence-electron chi connectivity index (χ4n) is 2.78. The van der Waals surface area contributed by atoms with E-state index < -0.39 is 0 Å². The van der Waals surface area contributed by atoms with Gasteiger partial charge in [0.05, 0.1) is 0 Å². The fraction of sp³-hybridized carbons (Fsp3) is 0.400. The summed E-state index contributed by atoms with van der Waals surface area (Å²) < 4.78 is 0. The predicted octanol–water partition coefficient (Wildman–Crippen LogP) is 7.46. The van der Waals surface area contributed by atoms with Gasteiger partial charge in [0.2, 0.25) is 0 Å². The van der Waals surface area contributed by atoms with E-state index in [1.165, 1.54) is 5.56 Å². The maximum absolute atomic E-state index is 6.71. The summed E-state index contributed by atoms with van der Waals surface area (Å²) in [5, 5.41) is 2.26. The van der Waals surface area contributed by atoms with Gasteiger partial charge >= 0.3 is 0 Å². The molecule has 0 saturated heterocycles. The van der Waals surface area contributed by atoms with E-state index in [1.54, 1.807) is 0 Å². The fourth-order valence-corrected chi connectivity index (χ4v) is 3.70. The van der Waals surface area contributed by atoms with Gasteiger partial charge < -0.3 is 0 Å². The number of halogens is 3. The van der Waals surface area contributed by atoms with E-state index in [1.807, 2.05) is 24.3 Å². The maximum Gasteiger partial charge on any atom is 0.0490 e. The number of benzene rings is 2. The zero-order chi connectivity index (χ0) is 17.4. The third-order valence-electron chi connectivity index (χ3n) is 4.24. The van der Waals surface area contributed by atoms with Crippen molar-refractivity contribution in [3.8, 4) is 0 Å². The van der Waals surface area contributed by atoms with E-state index in [0.29, 0.717) is 0 Å². The molecule has 0 aliphatic carbocycles. The van der Waals surface area contributed by atoms with Crippen LogP contribution >= 0.6 is 34.8 Å². The largest absolute Gasteiger partial charge is 0.0843 e. The van der Waals surface area contributed by atoms with E-state index >= 15 is 0 Å². The van der Waals surface area contributed by atoms with Gasteiger partial charge in [0.1, 0.15) is 0 Å². The Labute approximate surface area is 154 Å². The van der Waals surface area contributed by atoms with Crippen molar-refractivity contribution in [2.75, 3.05) is 0 Å². The van der Waals surface area contributed by atoms with Crippen molar-refractivity contribution in [2.24, 2.45) is 0 Å². The molecule has 2 aromatic rings. The van der Waals surface area contributed by atoms with Gasteiger partial charge in [-0.2, -0.15) is 0 Å². The molecule has 0 fully saturated rings. The molecule has 0 amide bonds. The van der Waals surface area contributed by atoms with Crippen LogP contribution in [-0.2, 0) is 17.3 Å². The number of rotatable bonds is 3. The molecule has 0 aromatic heterocycles. The Morgan fingerprint density at radius 3 is 1.87 bits per heavy atom. The zero-order valence-corrected chi connectivity index (χ0v) is 16.6. The second-order valence-electron chi connectivity index (χ2n) is 7.71. The summed E-state index contributed by atoms with van der Waals surface area (Å²) in [6.07, 6.45) is 0.774. The van der Waals surface area contributed by atoms with E-state index in [9.17, 15) is 0 Å². The Kier molecular flexibility index (Phi) is 5.41. The van der Waals surface area contributed by atoms with Crippen molar-refractivity contribution in [2.45, 2.75) is 51.9 Å². The van der Waals surface area contributed by atoms with Gasteiger partial charge in [-0.25, -0.2) is 0 Å². The van der Waals surface area contributed by atoms with Crippen LogP contribution < -0.4 is 0 Å². The summed E-state index contributed by atoms with van der Waals surface area (Å²) >= 11 is 19.2. The Morgan fingerprint density at radius 1 is 0.783 bits per heavy atom. The highest BCUT2D eigenvalue weighted by Gasteiger charge is 2.27. The van der Waals surface area contributed by atoms with Crippen LogP contribution in [0.2, 0.25) is 15.1 Å². The number of hydrogen-bond donors (Lipinski definition) is 0. The lowest BCUT2D eigenvalue weighted by Crippen LogP contribution is -2.22. The summed E-state index contributed by atoms with van der Waals surface area (Å²) in [6.45, 7) is 10.9. The van der Waals surface area contributed by atoms with Gasteiger partial charge in [0, 0.05) is 15.1 Å². The summed E-state index contributed by atoms with van der Waals surface area (Å²) in [6, 6.07) is 12.0. The lowest BCUT2D eigenvalue weighted by atomic mass is 9.77. The topological polar surface area (TPSA) is 0 Å². The van der Waals surface area contributed by atoms with Crippen molar-refractivity contribution in [1.29, 1.82) is 0 Å². The third-order valence-corrected chi connectivity index (χ3v) is 5.28. The summed E-state index contributed by atoms with van der Waals surface area (Å²) in [4.78, 5) is 0. The molecule has 23 heavy (non-hydrogen) atoms. The quantitative estimate of drug-likeness (QED) is 0.526. The van der Waals surface area contributed by atoms with Crippen molar-refractivity contribution < 1.29 is 0 Å². The van der Waals surface area contributed by atoms with E-state index in [4.69, 9.17) is 34.8 Å². The normalized spacial score (nSPS) is 12.5. The smallest absolute Gasteiger partial charge is 0.0490 e.